The Morgan fingerprint density at radius 2 is 1.87 bits per heavy atom. The van der Waals surface area contributed by atoms with Gasteiger partial charge in [-0.25, -0.2) is 19.3 Å². The summed E-state index contributed by atoms with van der Waals surface area (Å²) in [4.78, 5) is 13.5. The lowest BCUT2D eigenvalue weighted by Crippen LogP contribution is -2.33. The molecule has 1 saturated carbocycles. The summed E-state index contributed by atoms with van der Waals surface area (Å²) in [5.74, 6) is 0.931. The van der Waals surface area contributed by atoms with Crippen LogP contribution in [0.5, 0.6) is 0 Å². The lowest BCUT2D eigenvalue weighted by Gasteiger charge is -2.26. The quantitative estimate of drug-likeness (QED) is 0.532. The summed E-state index contributed by atoms with van der Waals surface area (Å²) in [6.45, 7) is 0.461. The van der Waals surface area contributed by atoms with Crippen LogP contribution in [0.1, 0.15) is 31.2 Å². The van der Waals surface area contributed by atoms with E-state index in [4.69, 9.17) is 17.3 Å². The summed E-state index contributed by atoms with van der Waals surface area (Å²) in [5, 5.41) is 7.03. The van der Waals surface area contributed by atoms with Gasteiger partial charge in [0.05, 0.1) is 16.9 Å². The molecule has 0 saturated heterocycles. The molecule has 4 N–H and O–H groups in total. The fraction of sp³-hybridized carbons (Fsp3) is 0.318. The van der Waals surface area contributed by atoms with Crippen molar-refractivity contribution in [3.63, 3.8) is 0 Å². The first kappa shape index (κ1) is 20.5. The Hall–Kier alpha value is -2.77. The number of hydrogen-bond donors (Lipinski definition) is 3. The fourth-order valence-electron chi connectivity index (χ4n) is 3.57. The summed E-state index contributed by atoms with van der Waals surface area (Å²) in [6.07, 6.45) is 5.59. The molecule has 2 aromatic heterocycles. The summed E-state index contributed by atoms with van der Waals surface area (Å²) in [6, 6.07) is 12.6. The third-order valence-electron chi connectivity index (χ3n) is 5.20. The van der Waals surface area contributed by atoms with Crippen LogP contribution < -0.4 is 16.4 Å². The van der Waals surface area contributed by atoms with E-state index in [1.165, 1.54) is 12.1 Å². The third kappa shape index (κ3) is 5.23. The second-order valence-electron chi connectivity index (χ2n) is 7.54. The highest BCUT2D eigenvalue weighted by atomic mass is 35.5. The standard InChI is InChI=1S/C22H24ClFN6/c23-18-13-27-22(28-17-9-7-16(25)8-10-17)30-21(18)19-5-2-6-20(29-19)26-12-14-3-1-4-15(24)11-14/h1-6,11,13,16-17H,7-10,12,25H2,(H,26,29)(H,27,28,30)/t16-,17-. The maximum atomic E-state index is 13.4. The molecule has 1 aromatic carbocycles. The van der Waals surface area contributed by atoms with Crippen molar-refractivity contribution in [2.24, 2.45) is 5.73 Å². The number of pyridine rings is 1. The zero-order valence-corrected chi connectivity index (χ0v) is 17.2. The van der Waals surface area contributed by atoms with E-state index in [-0.39, 0.29) is 11.9 Å². The smallest absolute Gasteiger partial charge is 0.223 e. The van der Waals surface area contributed by atoms with Crippen molar-refractivity contribution in [1.29, 1.82) is 0 Å². The number of anilines is 2. The van der Waals surface area contributed by atoms with E-state index in [0.717, 1.165) is 31.2 Å². The molecule has 0 radical (unpaired) electrons. The highest BCUT2D eigenvalue weighted by Gasteiger charge is 2.19. The van der Waals surface area contributed by atoms with Gasteiger partial charge in [-0.2, -0.15) is 0 Å². The van der Waals surface area contributed by atoms with Crippen LogP contribution in [0, 0.1) is 5.82 Å². The van der Waals surface area contributed by atoms with E-state index < -0.39 is 0 Å². The molecule has 3 aromatic rings. The van der Waals surface area contributed by atoms with Crippen molar-refractivity contribution in [1.82, 2.24) is 15.0 Å². The van der Waals surface area contributed by atoms with Gasteiger partial charge in [0.25, 0.3) is 0 Å². The first-order valence-electron chi connectivity index (χ1n) is 10.1. The Morgan fingerprint density at radius 3 is 2.67 bits per heavy atom. The highest BCUT2D eigenvalue weighted by molar-refractivity contribution is 6.32. The summed E-state index contributed by atoms with van der Waals surface area (Å²) in [7, 11) is 0. The fourth-order valence-corrected chi connectivity index (χ4v) is 3.75. The SMILES string of the molecule is N[C@H]1CC[C@H](Nc2ncc(Cl)c(-c3cccc(NCc4cccc(F)c4)n3)n2)CC1. The molecule has 1 aliphatic carbocycles. The van der Waals surface area contributed by atoms with Crippen molar-refractivity contribution < 1.29 is 4.39 Å². The molecule has 0 atom stereocenters. The minimum atomic E-state index is -0.260. The number of rotatable bonds is 6. The third-order valence-corrected chi connectivity index (χ3v) is 5.48. The van der Waals surface area contributed by atoms with Gasteiger partial charge in [-0.05, 0) is 55.5 Å². The van der Waals surface area contributed by atoms with Gasteiger partial charge in [0.2, 0.25) is 5.95 Å². The maximum Gasteiger partial charge on any atom is 0.223 e. The Morgan fingerprint density at radius 1 is 1.07 bits per heavy atom. The predicted octanol–water partition coefficient (Wildman–Crippen LogP) is 4.63. The predicted molar refractivity (Wildman–Crippen MR) is 118 cm³/mol. The topological polar surface area (TPSA) is 88.8 Å². The van der Waals surface area contributed by atoms with Crippen LogP contribution in [0.3, 0.4) is 0 Å². The van der Waals surface area contributed by atoms with E-state index >= 15 is 0 Å². The van der Waals surface area contributed by atoms with Crippen molar-refractivity contribution in [2.45, 2.75) is 44.3 Å². The number of nitrogens with one attached hydrogen (secondary N) is 2. The molecule has 156 valence electrons. The van der Waals surface area contributed by atoms with Crippen LogP contribution in [0.2, 0.25) is 5.02 Å². The zero-order valence-electron chi connectivity index (χ0n) is 16.5. The average molecular weight is 427 g/mol. The normalized spacial score (nSPS) is 18.8. The number of nitrogens with zero attached hydrogens (tertiary/aromatic N) is 3. The van der Waals surface area contributed by atoms with Crippen molar-refractivity contribution in [3.8, 4) is 11.4 Å². The first-order chi connectivity index (χ1) is 14.6. The van der Waals surface area contributed by atoms with Gasteiger partial charge in [-0.15, -0.1) is 0 Å². The lowest BCUT2D eigenvalue weighted by atomic mass is 9.92. The molecule has 8 heteroatoms. The molecule has 0 spiro atoms. The van der Waals surface area contributed by atoms with Crippen LogP contribution in [0.25, 0.3) is 11.4 Å². The second-order valence-corrected chi connectivity index (χ2v) is 7.94. The van der Waals surface area contributed by atoms with Gasteiger partial charge in [-0.1, -0.05) is 29.8 Å². The van der Waals surface area contributed by atoms with E-state index in [1.54, 1.807) is 12.3 Å². The first-order valence-corrected chi connectivity index (χ1v) is 10.4. The molecular weight excluding hydrogens is 403 g/mol. The Bertz CT molecular complexity index is 1010. The summed E-state index contributed by atoms with van der Waals surface area (Å²) >= 11 is 6.36. The number of hydrogen-bond acceptors (Lipinski definition) is 6. The molecule has 4 rings (SSSR count). The van der Waals surface area contributed by atoms with Crippen LogP contribution in [0.4, 0.5) is 16.2 Å². The molecule has 1 fully saturated rings. The van der Waals surface area contributed by atoms with Gasteiger partial charge in [0.1, 0.15) is 17.3 Å². The molecule has 2 heterocycles. The largest absolute Gasteiger partial charge is 0.366 e. The minimum Gasteiger partial charge on any atom is -0.366 e. The maximum absolute atomic E-state index is 13.4. The molecule has 0 aliphatic heterocycles. The van der Waals surface area contributed by atoms with E-state index in [2.05, 4.69) is 25.6 Å². The van der Waals surface area contributed by atoms with Crippen LogP contribution in [-0.4, -0.2) is 27.0 Å². The molecule has 0 unspecified atom stereocenters. The van der Waals surface area contributed by atoms with Gasteiger partial charge in [0, 0.05) is 18.6 Å². The summed E-state index contributed by atoms with van der Waals surface area (Å²) < 4.78 is 13.4. The minimum absolute atomic E-state index is 0.260. The van der Waals surface area contributed by atoms with Crippen molar-refractivity contribution >= 4 is 23.4 Å². The van der Waals surface area contributed by atoms with Crippen LogP contribution in [0.15, 0.2) is 48.7 Å². The number of benzene rings is 1. The molecule has 6 nitrogen and oxygen atoms in total. The average Bonchev–Trinajstić information content (AvgIpc) is 2.75. The lowest BCUT2D eigenvalue weighted by molar-refractivity contribution is 0.410. The van der Waals surface area contributed by atoms with Gasteiger partial charge < -0.3 is 16.4 Å². The number of aromatic nitrogens is 3. The number of nitrogens with two attached hydrogens (primary N) is 1. The van der Waals surface area contributed by atoms with Crippen LogP contribution in [-0.2, 0) is 6.54 Å². The molecule has 0 amide bonds. The molecule has 0 bridgehead atoms. The highest BCUT2D eigenvalue weighted by Crippen LogP contribution is 2.27. The molecule has 30 heavy (non-hydrogen) atoms. The van der Waals surface area contributed by atoms with E-state index in [1.807, 2.05) is 24.3 Å². The Labute approximate surface area is 180 Å². The van der Waals surface area contributed by atoms with Crippen molar-refractivity contribution in [3.05, 3.63) is 65.1 Å². The van der Waals surface area contributed by atoms with E-state index in [9.17, 15) is 4.39 Å². The zero-order chi connectivity index (χ0) is 20.9. The Balaban J connectivity index is 1.48. The van der Waals surface area contributed by atoms with Gasteiger partial charge in [-0.3, -0.25) is 0 Å². The number of halogens is 2. The van der Waals surface area contributed by atoms with Crippen molar-refractivity contribution in [2.75, 3.05) is 10.6 Å². The Kier molecular flexibility index (Phi) is 6.40. The van der Waals surface area contributed by atoms with Gasteiger partial charge in [0.15, 0.2) is 0 Å². The van der Waals surface area contributed by atoms with Gasteiger partial charge >= 0.3 is 0 Å². The second kappa shape index (κ2) is 9.36. The molecule has 1 aliphatic rings. The monoisotopic (exact) mass is 426 g/mol. The molecular formula is C22H24ClFN6. The van der Waals surface area contributed by atoms with Crippen LogP contribution >= 0.6 is 11.6 Å². The summed E-state index contributed by atoms with van der Waals surface area (Å²) in [5.41, 5.74) is 8.02. The van der Waals surface area contributed by atoms with E-state index in [0.29, 0.717) is 40.8 Å².